The molecule has 2 unspecified atom stereocenters. The van der Waals surface area contributed by atoms with Crippen molar-refractivity contribution in [3.8, 4) is 5.75 Å². The molecule has 46 heavy (non-hydrogen) atoms. The number of aliphatic hydroxyl groups excluding tert-OH is 1. The van der Waals surface area contributed by atoms with E-state index in [4.69, 9.17) is 25.0 Å². The summed E-state index contributed by atoms with van der Waals surface area (Å²) in [4.78, 5) is 78.9. The zero-order valence-electron chi connectivity index (χ0n) is 21.8. The first kappa shape index (κ1) is 34.8. The third-order valence-electron chi connectivity index (χ3n) is 5.71. The van der Waals surface area contributed by atoms with Crippen LogP contribution >= 0.6 is 23.5 Å². The zero-order valence-corrected chi connectivity index (χ0v) is 24.5. The van der Waals surface area contributed by atoms with Crippen LogP contribution in [-0.2, 0) is 31.6 Å². The third-order valence-corrected chi connectivity index (χ3v) is 9.51. The quantitative estimate of drug-likeness (QED) is 0.0779. The van der Waals surface area contributed by atoms with Crippen molar-refractivity contribution in [2.45, 2.75) is 24.5 Å². The van der Waals surface area contributed by atoms with Crippen molar-refractivity contribution in [1.29, 1.82) is 0 Å². The molecule has 250 valence electrons. The Bertz CT molecular complexity index is 1870. The van der Waals surface area contributed by atoms with Crippen LogP contribution in [0.3, 0.4) is 0 Å². The van der Waals surface area contributed by atoms with Crippen LogP contribution in [0.1, 0.15) is 6.23 Å². The molecule has 1 aliphatic heterocycles. The van der Waals surface area contributed by atoms with Gasteiger partial charge in [-0.2, -0.15) is 8.62 Å². The van der Waals surface area contributed by atoms with Crippen molar-refractivity contribution in [2.75, 3.05) is 12.3 Å². The minimum Gasteiger partial charge on any atom is -0.476 e. The van der Waals surface area contributed by atoms with Gasteiger partial charge in [0.15, 0.2) is 23.8 Å². The molecule has 6 atom stereocenters. The van der Waals surface area contributed by atoms with Gasteiger partial charge in [-0.05, 0) is 6.07 Å². The van der Waals surface area contributed by atoms with E-state index in [1.54, 1.807) is 0 Å². The predicted molar refractivity (Wildman–Crippen MR) is 140 cm³/mol. The van der Waals surface area contributed by atoms with Crippen molar-refractivity contribution in [2.24, 2.45) is 0 Å². The number of nitro groups is 3. The number of nitrogens with two attached hydrogens (primary N) is 1. The molecule has 0 bridgehead atoms. The largest absolute Gasteiger partial charge is 0.490 e. The molecular formula is C16H17N8O19P3. The number of aromatic nitrogens is 4. The molecular weight excluding hydrogens is 701 g/mol. The summed E-state index contributed by atoms with van der Waals surface area (Å²) in [7, 11) is -17.4. The topological polar surface area (TPSA) is 398 Å². The Morgan fingerprint density at radius 2 is 1.59 bits per heavy atom. The lowest BCUT2D eigenvalue weighted by Gasteiger charge is -2.22. The Kier molecular flexibility index (Phi) is 9.52. The van der Waals surface area contributed by atoms with Crippen molar-refractivity contribution >= 4 is 57.5 Å². The molecule has 1 saturated heterocycles. The van der Waals surface area contributed by atoms with Gasteiger partial charge in [0.1, 0.15) is 24.1 Å². The number of fused-ring (bicyclic) bond motifs is 1. The van der Waals surface area contributed by atoms with Crippen LogP contribution in [0.25, 0.3) is 11.2 Å². The molecule has 3 aromatic rings. The maximum absolute atomic E-state index is 12.2. The second kappa shape index (κ2) is 12.6. The number of nitrogen functional groups attached to an aromatic ring is 1. The van der Waals surface area contributed by atoms with Gasteiger partial charge in [-0.3, -0.25) is 39.4 Å². The summed E-state index contributed by atoms with van der Waals surface area (Å²) in [6, 6.07) is 1.14. The lowest BCUT2D eigenvalue weighted by molar-refractivity contribution is -0.441. The van der Waals surface area contributed by atoms with Gasteiger partial charge in [0.05, 0.1) is 27.7 Å². The molecule has 0 radical (unpaired) electrons. The van der Waals surface area contributed by atoms with Crippen LogP contribution in [0.4, 0.5) is 22.9 Å². The molecule has 1 aliphatic rings. The van der Waals surface area contributed by atoms with E-state index in [0.29, 0.717) is 12.1 Å². The van der Waals surface area contributed by atoms with Crippen molar-refractivity contribution in [1.82, 2.24) is 19.5 Å². The van der Waals surface area contributed by atoms with E-state index in [2.05, 4.69) is 28.1 Å². The smallest absolute Gasteiger partial charge is 0.476 e. The molecule has 27 nitrogen and oxygen atoms in total. The first-order valence-corrected chi connectivity index (χ1v) is 16.0. The molecule has 2 aromatic heterocycles. The highest BCUT2D eigenvalue weighted by Gasteiger charge is 2.51. The number of benzene rings is 1. The van der Waals surface area contributed by atoms with Crippen LogP contribution in [0.5, 0.6) is 5.75 Å². The van der Waals surface area contributed by atoms with E-state index in [1.165, 1.54) is 0 Å². The van der Waals surface area contributed by atoms with E-state index in [1.807, 2.05) is 0 Å². The van der Waals surface area contributed by atoms with Gasteiger partial charge in [-0.1, -0.05) is 0 Å². The number of anilines is 1. The van der Waals surface area contributed by atoms with E-state index in [-0.39, 0.29) is 17.0 Å². The number of nitrogens with zero attached hydrogens (tertiary/aromatic N) is 7. The van der Waals surface area contributed by atoms with E-state index < -0.39 is 92.2 Å². The number of nitro benzene ring substituents is 3. The zero-order chi connectivity index (χ0) is 34.4. The van der Waals surface area contributed by atoms with Crippen molar-refractivity contribution in [3.05, 3.63) is 55.1 Å². The van der Waals surface area contributed by atoms with E-state index in [9.17, 15) is 58.9 Å². The van der Waals surface area contributed by atoms with Gasteiger partial charge in [0.25, 0.3) is 0 Å². The van der Waals surface area contributed by atoms with Crippen LogP contribution in [0.2, 0.25) is 0 Å². The molecule has 1 aromatic carbocycles. The van der Waals surface area contributed by atoms with Gasteiger partial charge >= 0.3 is 40.5 Å². The number of aliphatic hydroxyl groups is 1. The van der Waals surface area contributed by atoms with E-state index in [0.717, 1.165) is 17.2 Å². The second-order valence-electron chi connectivity index (χ2n) is 8.66. The number of hydrogen-bond donors (Lipinski definition) is 6. The Hall–Kier alpha value is -4.10. The maximum Gasteiger partial charge on any atom is 0.490 e. The molecule has 4 rings (SSSR count). The van der Waals surface area contributed by atoms with Gasteiger partial charge in [-0.15, -0.1) is 0 Å². The monoisotopic (exact) mass is 718 g/mol. The first-order valence-electron chi connectivity index (χ1n) is 11.5. The summed E-state index contributed by atoms with van der Waals surface area (Å²) < 4.78 is 58.6. The number of phosphoric ester groups is 1. The Morgan fingerprint density at radius 3 is 2.17 bits per heavy atom. The number of rotatable bonds is 13. The first-order chi connectivity index (χ1) is 21.2. The van der Waals surface area contributed by atoms with Crippen LogP contribution in [0, 0.1) is 30.3 Å². The molecule has 0 amide bonds. The molecule has 7 N–H and O–H groups in total. The van der Waals surface area contributed by atoms with E-state index >= 15 is 0 Å². The maximum atomic E-state index is 12.2. The van der Waals surface area contributed by atoms with Crippen LogP contribution < -0.4 is 10.5 Å². The summed E-state index contributed by atoms with van der Waals surface area (Å²) in [5.41, 5.74) is 1.29. The summed E-state index contributed by atoms with van der Waals surface area (Å²) in [5, 5.41) is 45.8. The third kappa shape index (κ3) is 7.47. The highest BCUT2D eigenvalue weighted by molar-refractivity contribution is 7.66. The van der Waals surface area contributed by atoms with Crippen LogP contribution in [0.15, 0.2) is 24.8 Å². The fourth-order valence-corrected chi connectivity index (χ4v) is 7.06. The molecule has 0 saturated carbocycles. The summed E-state index contributed by atoms with van der Waals surface area (Å²) >= 11 is 0. The highest BCUT2D eigenvalue weighted by Crippen LogP contribution is 2.66. The molecule has 0 spiro atoms. The lowest BCUT2D eigenvalue weighted by atomic mass is 10.1. The SMILES string of the molecule is Nc1ncnc2c1ncn2[C@@H]1O[C@H](COP(=O)(O)OP(=O)(O)OP(=O)(O)O)[C@@H](O)[C@H]1Oc1ccc([N+](=O)[O-])c([N+](=O)[O-])c1[N+](=O)[O-]. The average Bonchev–Trinajstić information content (AvgIpc) is 3.46. The molecule has 30 heteroatoms. The average molecular weight is 718 g/mol. The minimum absolute atomic E-state index is 0.0343. The Labute approximate surface area is 251 Å². The number of imidazole rings is 1. The Balaban J connectivity index is 1.72. The predicted octanol–water partition coefficient (Wildman–Crippen LogP) is 0.182. The minimum atomic E-state index is -5.93. The van der Waals surface area contributed by atoms with Crippen LogP contribution in [-0.4, -0.2) is 83.9 Å². The Morgan fingerprint density at radius 1 is 0.935 bits per heavy atom. The number of hydrogen-bond acceptors (Lipinski definition) is 19. The van der Waals surface area contributed by atoms with Crippen molar-refractivity contribution in [3.63, 3.8) is 0 Å². The summed E-state index contributed by atoms with van der Waals surface area (Å²) in [6.45, 7) is -1.24. The van der Waals surface area contributed by atoms with Gasteiger partial charge in [0.2, 0.25) is 5.75 Å². The molecule has 3 heterocycles. The standard InChI is InChI=1S/C16H17N8O19P3/c17-14-9-15(19-4-18-14)21(5-20-9)16-13(40-7-2-1-6(22(26)27)10(23(28)29)11(7)24(30)31)12(25)8(41-16)3-39-45(35,36)43-46(37,38)42-44(32,33)34/h1-2,4-5,8,12-13,16,25H,3H2,(H,35,36)(H,37,38)(H2,17,18,19)(H2,32,33,34)/t8-,12-,13-,16-/m1/s1. The normalized spacial score (nSPS) is 22.6. The molecule has 0 aliphatic carbocycles. The van der Waals surface area contributed by atoms with Crippen molar-refractivity contribution < 1.29 is 75.8 Å². The van der Waals surface area contributed by atoms with Gasteiger partial charge < -0.3 is 39.9 Å². The number of ether oxygens (including phenoxy) is 2. The summed E-state index contributed by atoms with van der Waals surface area (Å²) in [6.07, 6.45) is -5.51. The fraction of sp³-hybridized carbons (Fsp3) is 0.312. The van der Waals surface area contributed by atoms with Gasteiger partial charge in [0, 0.05) is 6.07 Å². The van der Waals surface area contributed by atoms with Gasteiger partial charge in [-0.25, -0.2) is 28.6 Å². The highest BCUT2D eigenvalue weighted by atomic mass is 31.3. The molecule has 1 fully saturated rings. The fourth-order valence-electron chi connectivity index (χ4n) is 4.03. The second-order valence-corrected chi connectivity index (χ2v) is 13.1. The summed E-state index contributed by atoms with van der Waals surface area (Å²) in [5.74, 6) is -1.13. The number of phosphoric acid groups is 3. The lowest BCUT2D eigenvalue weighted by Crippen LogP contribution is -2.38.